The number of nitrogens with zero attached hydrogens (tertiary/aromatic N) is 1. The van der Waals surface area contributed by atoms with E-state index in [-0.39, 0.29) is 18.4 Å². The van der Waals surface area contributed by atoms with Gasteiger partial charge in [0.15, 0.2) is 17.6 Å². The van der Waals surface area contributed by atoms with Gasteiger partial charge in [-0.1, -0.05) is 18.6 Å². The Morgan fingerprint density at radius 1 is 1.29 bits per heavy atom. The molecule has 0 aromatic heterocycles. The molecule has 1 atom stereocenters. The standard InChI is InChI=1S/C18H23NO5/c1-2-19(16(20)10-18(17(21)22)8-5-9-18)11-13-12-23-14-6-3-4-7-15(14)24-13/h3-4,6-7,13H,2,5,8-12H2,1H3,(H,21,22). The van der Waals surface area contributed by atoms with Gasteiger partial charge in [-0.2, -0.15) is 0 Å². The van der Waals surface area contributed by atoms with Crippen LogP contribution in [0.3, 0.4) is 0 Å². The molecule has 6 nitrogen and oxygen atoms in total. The number of hydrogen-bond donors (Lipinski definition) is 1. The van der Waals surface area contributed by atoms with Crippen LogP contribution in [0.4, 0.5) is 0 Å². The lowest BCUT2D eigenvalue weighted by Crippen LogP contribution is -2.47. The van der Waals surface area contributed by atoms with Gasteiger partial charge >= 0.3 is 5.97 Å². The summed E-state index contributed by atoms with van der Waals surface area (Å²) >= 11 is 0. The summed E-state index contributed by atoms with van der Waals surface area (Å²) in [5.41, 5.74) is -0.860. The first-order valence-electron chi connectivity index (χ1n) is 8.44. The number of aliphatic carboxylic acids is 1. The maximum absolute atomic E-state index is 12.6. The van der Waals surface area contributed by atoms with Crippen LogP contribution >= 0.6 is 0 Å². The van der Waals surface area contributed by atoms with E-state index in [2.05, 4.69) is 0 Å². The fraction of sp³-hybridized carbons (Fsp3) is 0.556. The molecule has 1 aliphatic heterocycles. The number of carbonyl (C=O) groups is 2. The molecule has 1 fully saturated rings. The number of carbonyl (C=O) groups excluding carboxylic acids is 1. The van der Waals surface area contributed by atoms with E-state index in [0.717, 1.165) is 6.42 Å². The quantitative estimate of drug-likeness (QED) is 0.864. The molecule has 130 valence electrons. The number of carboxylic acid groups (broad SMARTS) is 1. The number of amides is 1. The number of ether oxygens (including phenoxy) is 2. The zero-order valence-electron chi connectivity index (χ0n) is 13.9. The molecule has 1 amide bonds. The summed E-state index contributed by atoms with van der Waals surface area (Å²) in [6, 6.07) is 7.45. The van der Waals surface area contributed by atoms with Gasteiger partial charge in [0.25, 0.3) is 0 Å². The molecule has 1 saturated carbocycles. The highest BCUT2D eigenvalue weighted by molar-refractivity contribution is 5.85. The number of likely N-dealkylation sites (N-methyl/N-ethyl adjacent to an activating group) is 1. The average molecular weight is 333 g/mol. The summed E-state index contributed by atoms with van der Waals surface area (Å²) in [6.45, 7) is 3.20. The van der Waals surface area contributed by atoms with Gasteiger partial charge in [0.2, 0.25) is 5.91 Å². The highest BCUT2D eigenvalue weighted by Crippen LogP contribution is 2.44. The molecule has 1 N–H and O–H groups in total. The van der Waals surface area contributed by atoms with Crippen molar-refractivity contribution in [2.24, 2.45) is 5.41 Å². The summed E-state index contributed by atoms with van der Waals surface area (Å²) in [7, 11) is 0. The Balaban J connectivity index is 1.61. The molecule has 0 bridgehead atoms. The van der Waals surface area contributed by atoms with Gasteiger partial charge < -0.3 is 19.5 Å². The zero-order chi connectivity index (χ0) is 17.2. The molecule has 24 heavy (non-hydrogen) atoms. The van der Waals surface area contributed by atoms with Crippen LogP contribution in [0.5, 0.6) is 11.5 Å². The molecule has 6 heteroatoms. The molecular weight excluding hydrogens is 310 g/mol. The molecule has 0 saturated heterocycles. The summed E-state index contributed by atoms with van der Waals surface area (Å²) in [5, 5.41) is 9.40. The second-order valence-electron chi connectivity index (χ2n) is 6.55. The molecule has 1 aromatic rings. The van der Waals surface area contributed by atoms with E-state index in [4.69, 9.17) is 9.47 Å². The third-order valence-electron chi connectivity index (χ3n) is 4.98. The van der Waals surface area contributed by atoms with Gasteiger partial charge in [-0.05, 0) is 31.9 Å². The molecule has 1 aromatic carbocycles. The number of rotatable bonds is 6. The fourth-order valence-electron chi connectivity index (χ4n) is 3.28. The van der Waals surface area contributed by atoms with E-state index in [1.54, 1.807) is 4.90 Å². The van der Waals surface area contributed by atoms with Crippen LogP contribution in [0.1, 0.15) is 32.6 Å². The van der Waals surface area contributed by atoms with E-state index in [0.29, 0.717) is 44.0 Å². The largest absolute Gasteiger partial charge is 0.486 e. The Morgan fingerprint density at radius 2 is 2.00 bits per heavy atom. The minimum Gasteiger partial charge on any atom is -0.486 e. The Kier molecular flexibility index (Phi) is 4.64. The first kappa shape index (κ1) is 16.6. The minimum absolute atomic E-state index is 0.0698. The number of para-hydroxylation sites is 2. The first-order chi connectivity index (χ1) is 11.5. The SMILES string of the molecule is CCN(CC1COc2ccccc2O1)C(=O)CC1(C(=O)O)CCC1. The second-order valence-corrected chi connectivity index (χ2v) is 6.55. The monoisotopic (exact) mass is 333 g/mol. The Labute approximate surface area is 141 Å². The maximum atomic E-state index is 12.6. The molecular formula is C18H23NO5. The van der Waals surface area contributed by atoms with E-state index in [1.807, 2.05) is 31.2 Å². The van der Waals surface area contributed by atoms with Crippen LogP contribution < -0.4 is 9.47 Å². The molecule has 0 spiro atoms. The van der Waals surface area contributed by atoms with Crippen LogP contribution in [-0.2, 0) is 9.59 Å². The Hall–Kier alpha value is -2.24. The lowest BCUT2D eigenvalue weighted by atomic mass is 9.66. The fourth-order valence-corrected chi connectivity index (χ4v) is 3.28. The number of benzene rings is 1. The lowest BCUT2D eigenvalue weighted by molar-refractivity contribution is -0.159. The number of hydrogen-bond acceptors (Lipinski definition) is 4. The van der Waals surface area contributed by atoms with Crippen LogP contribution in [-0.4, -0.2) is 47.7 Å². The van der Waals surface area contributed by atoms with Crippen molar-refractivity contribution in [3.8, 4) is 11.5 Å². The van der Waals surface area contributed by atoms with Crippen LogP contribution in [0.2, 0.25) is 0 Å². The van der Waals surface area contributed by atoms with Gasteiger partial charge in [0.1, 0.15) is 6.61 Å². The van der Waals surface area contributed by atoms with E-state index in [9.17, 15) is 14.7 Å². The predicted octanol–water partition coefficient (Wildman–Crippen LogP) is 2.32. The van der Waals surface area contributed by atoms with Crippen molar-refractivity contribution in [1.29, 1.82) is 0 Å². The Bertz CT molecular complexity index is 626. The average Bonchev–Trinajstić information content (AvgIpc) is 2.55. The summed E-state index contributed by atoms with van der Waals surface area (Å²) < 4.78 is 11.6. The van der Waals surface area contributed by atoms with Crippen LogP contribution in [0.25, 0.3) is 0 Å². The summed E-state index contributed by atoms with van der Waals surface area (Å²) in [4.78, 5) is 25.7. The number of carboxylic acids is 1. The van der Waals surface area contributed by atoms with Crippen molar-refractivity contribution in [1.82, 2.24) is 4.90 Å². The highest BCUT2D eigenvalue weighted by atomic mass is 16.6. The molecule has 0 radical (unpaired) electrons. The molecule has 2 aliphatic rings. The van der Waals surface area contributed by atoms with E-state index >= 15 is 0 Å². The van der Waals surface area contributed by atoms with Crippen LogP contribution in [0, 0.1) is 5.41 Å². The first-order valence-corrected chi connectivity index (χ1v) is 8.44. The molecule has 1 heterocycles. The zero-order valence-corrected chi connectivity index (χ0v) is 13.9. The van der Waals surface area contributed by atoms with Crippen molar-refractivity contribution >= 4 is 11.9 Å². The summed E-state index contributed by atoms with van der Waals surface area (Å²) in [6.07, 6.45) is 1.87. The molecule has 1 aliphatic carbocycles. The van der Waals surface area contributed by atoms with Crippen LogP contribution in [0.15, 0.2) is 24.3 Å². The molecule has 1 unspecified atom stereocenters. The smallest absolute Gasteiger partial charge is 0.310 e. The predicted molar refractivity (Wildman–Crippen MR) is 87.1 cm³/mol. The van der Waals surface area contributed by atoms with Gasteiger partial charge in [-0.3, -0.25) is 9.59 Å². The van der Waals surface area contributed by atoms with Gasteiger partial charge in [0, 0.05) is 13.0 Å². The normalized spacial score (nSPS) is 20.8. The maximum Gasteiger partial charge on any atom is 0.310 e. The van der Waals surface area contributed by atoms with Crippen molar-refractivity contribution in [2.45, 2.75) is 38.7 Å². The van der Waals surface area contributed by atoms with Gasteiger partial charge in [0.05, 0.1) is 12.0 Å². The third kappa shape index (κ3) is 3.18. The van der Waals surface area contributed by atoms with Crippen molar-refractivity contribution in [2.75, 3.05) is 19.7 Å². The van der Waals surface area contributed by atoms with Crippen molar-refractivity contribution in [3.05, 3.63) is 24.3 Å². The van der Waals surface area contributed by atoms with E-state index < -0.39 is 11.4 Å². The van der Waals surface area contributed by atoms with E-state index in [1.165, 1.54) is 0 Å². The van der Waals surface area contributed by atoms with Crippen molar-refractivity contribution < 1.29 is 24.2 Å². The Morgan fingerprint density at radius 3 is 2.58 bits per heavy atom. The summed E-state index contributed by atoms with van der Waals surface area (Å²) in [5.74, 6) is 0.409. The van der Waals surface area contributed by atoms with Gasteiger partial charge in [-0.15, -0.1) is 0 Å². The highest BCUT2D eigenvalue weighted by Gasteiger charge is 2.46. The number of fused-ring (bicyclic) bond motifs is 1. The topological polar surface area (TPSA) is 76.1 Å². The lowest BCUT2D eigenvalue weighted by Gasteiger charge is -2.39. The minimum atomic E-state index is -0.860. The van der Waals surface area contributed by atoms with Crippen molar-refractivity contribution in [3.63, 3.8) is 0 Å². The third-order valence-corrected chi connectivity index (χ3v) is 4.98. The molecule has 3 rings (SSSR count). The van der Waals surface area contributed by atoms with Gasteiger partial charge in [-0.25, -0.2) is 0 Å². The second kappa shape index (κ2) is 6.71.